The van der Waals surface area contributed by atoms with E-state index in [9.17, 15) is 9.59 Å². The van der Waals surface area contributed by atoms with E-state index in [1.165, 1.54) is 10.8 Å². The largest absolute Gasteiger partial charge is 0.481 e. The van der Waals surface area contributed by atoms with Gasteiger partial charge in [-0.3, -0.25) is 10.1 Å². The van der Waals surface area contributed by atoms with Crippen LogP contribution in [-0.2, 0) is 4.74 Å². The normalized spacial score (nSPS) is 13.4. The molecule has 1 atom stereocenters. The van der Waals surface area contributed by atoms with Gasteiger partial charge < -0.3 is 19.4 Å². The second kappa shape index (κ2) is 10.7. The van der Waals surface area contributed by atoms with Crippen molar-refractivity contribution in [1.29, 1.82) is 5.26 Å². The molecule has 186 valence electrons. The zero-order valence-electron chi connectivity index (χ0n) is 20.0. The lowest BCUT2D eigenvalue weighted by Gasteiger charge is -2.21. The monoisotopic (exact) mass is 508 g/mol. The Hall–Kier alpha value is -4.10. The summed E-state index contributed by atoms with van der Waals surface area (Å²) in [5.74, 6) is 0.703. The number of carbonyl (C=O) groups is 1. The molecule has 4 rings (SSSR count). The molecule has 1 aromatic carbocycles. The van der Waals surface area contributed by atoms with Gasteiger partial charge in [0.05, 0.1) is 36.2 Å². The second-order valence-electron chi connectivity index (χ2n) is 8.52. The molecule has 2 N–H and O–H groups in total. The third-order valence-corrected chi connectivity index (χ3v) is 6.03. The summed E-state index contributed by atoms with van der Waals surface area (Å²) in [5.41, 5.74) is 2.49. The van der Waals surface area contributed by atoms with Gasteiger partial charge in [0, 0.05) is 17.4 Å². The Bertz CT molecular complexity index is 1400. The van der Waals surface area contributed by atoms with Crippen molar-refractivity contribution in [3.63, 3.8) is 0 Å². The lowest BCUT2D eigenvalue weighted by atomic mass is 10.2. The van der Waals surface area contributed by atoms with Gasteiger partial charge >= 0.3 is 6.09 Å². The van der Waals surface area contributed by atoms with Gasteiger partial charge in [0.15, 0.2) is 5.82 Å². The highest BCUT2D eigenvalue weighted by atomic mass is 35.5. The fourth-order valence-electron chi connectivity index (χ4n) is 3.86. The van der Waals surface area contributed by atoms with Crippen molar-refractivity contribution in [1.82, 2.24) is 14.5 Å². The van der Waals surface area contributed by atoms with Crippen LogP contribution in [0.5, 0.6) is 5.88 Å². The molecule has 2 heterocycles. The molecular weight excluding hydrogens is 484 g/mol. The van der Waals surface area contributed by atoms with Crippen molar-refractivity contribution in [3.8, 4) is 11.9 Å². The third-order valence-electron chi connectivity index (χ3n) is 5.85. The minimum absolute atomic E-state index is 0.0314. The van der Waals surface area contributed by atoms with Crippen LogP contribution in [0.15, 0.2) is 41.3 Å². The van der Waals surface area contributed by atoms with Crippen LogP contribution in [-0.4, -0.2) is 34.3 Å². The summed E-state index contributed by atoms with van der Waals surface area (Å²) in [6, 6.07) is 9.92. The highest BCUT2D eigenvalue weighted by Gasteiger charge is 2.35. The van der Waals surface area contributed by atoms with Crippen molar-refractivity contribution in [2.45, 2.75) is 32.7 Å². The molecule has 0 unspecified atom stereocenters. The van der Waals surface area contributed by atoms with Crippen LogP contribution in [0, 0.1) is 31.1 Å². The Kier molecular flexibility index (Phi) is 7.41. The summed E-state index contributed by atoms with van der Waals surface area (Å²) in [6.07, 6.45) is 2.57. The van der Waals surface area contributed by atoms with E-state index < -0.39 is 17.7 Å². The molecule has 1 aliphatic rings. The predicted molar refractivity (Wildman–Crippen MR) is 135 cm³/mol. The smallest absolute Gasteiger partial charge is 0.411 e. The van der Waals surface area contributed by atoms with Gasteiger partial charge in [-0.25, -0.2) is 14.8 Å². The van der Waals surface area contributed by atoms with Gasteiger partial charge in [-0.15, -0.1) is 0 Å². The van der Waals surface area contributed by atoms with E-state index >= 15 is 0 Å². The summed E-state index contributed by atoms with van der Waals surface area (Å²) >= 11 is 6.28. The van der Waals surface area contributed by atoms with E-state index in [0.29, 0.717) is 28.5 Å². The van der Waals surface area contributed by atoms with Crippen LogP contribution in [0.4, 0.5) is 22.0 Å². The average Bonchev–Trinajstić information content (AvgIpc) is 3.69. The third kappa shape index (κ3) is 5.75. The van der Waals surface area contributed by atoms with Crippen LogP contribution >= 0.6 is 11.6 Å². The Morgan fingerprint density at radius 2 is 2.08 bits per heavy atom. The lowest BCUT2D eigenvalue weighted by molar-refractivity contribution is 0.135. The molecule has 0 radical (unpaired) electrons. The summed E-state index contributed by atoms with van der Waals surface area (Å²) in [7, 11) is 1.54. The number of carbonyl (C=O) groups excluding carboxylic acids is 1. The fraction of sp³-hybridized carbons (Fsp3) is 0.320. The van der Waals surface area contributed by atoms with Crippen LogP contribution in [0.25, 0.3) is 0 Å². The first-order valence-electron chi connectivity index (χ1n) is 11.3. The number of nitrogens with zero attached hydrogens (tertiary/aromatic N) is 4. The number of aromatic nitrogens is 3. The first-order chi connectivity index (χ1) is 17.3. The van der Waals surface area contributed by atoms with Gasteiger partial charge in [-0.05, 0) is 56.9 Å². The van der Waals surface area contributed by atoms with Crippen LogP contribution in [0.3, 0.4) is 0 Å². The number of nitriles is 1. The number of ether oxygens (including phenoxy) is 2. The average molecular weight is 509 g/mol. The van der Waals surface area contributed by atoms with Crippen molar-refractivity contribution in [3.05, 3.63) is 68.9 Å². The maximum absolute atomic E-state index is 13.4. The molecule has 0 saturated heterocycles. The van der Waals surface area contributed by atoms with Crippen molar-refractivity contribution >= 4 is 34.9 Å². The van der Waals surface area contributed by atoms with E-state index in [0.717, 1.165) is 18.4 Å². The quantitative estimate of drug-likeness (QED) is 0.446. The molecule has 1 saturated carbocycles. The second-order valence-corrected chi connectivity index (χ2v) is 8.91. The summed E-state index contributed by atoms with van der Waals surface area (Å²) in [4.78, 5) is 34.4. The number of methoxy groups -OCH3 is 1. The highest BCUT2D eigenvalue weighted by molar-refractivity contribution is 6.29. The Morgan fingerprint density at radius 1 is 1.31 bits per heavy atom. The molecule has 1 aliphatic carbocycles. The summed E-state index contributed by atoms with van der Waals surface area (Å²) in [6.45, 7) is 3.61. The number of anilines is 3. The maximum Gasteiger partial charge on any atom is 0.411 e. The van der Waals surface area contributed by atoms with Gasteiger partial charge in [0.1, 0.15) is 11.8 Å². The molecule has 3 aromatic rings. The number of hydrogen-bond acceptors (Lipinski definition) is 8. The number of pyridine rings is 1. The van der Waals surface area contributed by atoms with Crippen LogP contribution < -0.4 is 20.9 Å². The molecule has 0 aliphatic heterocycles. The molecule has 10 nitrogen and oxygen atoms in total. The van der Waals surface area contributed by atoms with Crippen LogP contribution in [0.2, 0.25) is 5.15 Å². The molecule has 1 fully saturated rings. The topological polar surface area (TPSA) is 131 Å². The summed E-state index contributed by atoms with van der Waals surface area (Å²) < 4.78 is 12.2. The first kappa shape index (κ1) is 25.0. The van der Waals surface area contributed by atoms with E-state index in [-0.39, 0.29) is 23.5 Å². The zero-order valence-corrected chi connectivity index (χ0v) is 20.8. The number of nitrogens with one attached hydrogen (secondary N) is 2. The zero-order chi connectivity index (χ0) is 25.8. The van der Waals surface area contributed by atoms with Gasteiger partial charge in [0.25, 0.3) is 5.56 Å². The lowest BCUT2D eigenvalue weighted by Crippen LogP contribution is -2.32. The Morgan fingerprint density at radius 3 is 2.78 bits per heavy atom. The van der Waals surface area contributed by atoms with E-state index in [1.54, 1.807) is 38.3 Å². The number of hydrogen-bond donors (Lipinski definition) is 2. The SMILES string of the molecule is COc1nc(C)c(Nc2nc(Cl)cn([C@H](COC(=O)Nc3cccc(C#N)c3)C3CC3)c2=O)cc1C. The molecule has 2 aromatic heterocycles. The number of halogens is 1. The fourth-order valence-corrected chi connectivity index (χ4v) is 4.05. The maximum atomic E-state index is 13.4. The number of amides is 1. The predicted octanol–water partition coefficient (Wildman–Crippen LogP) is 4.73. The van der Waals surface area contributed by atoms with E-state index in [1.807, 2.05) is 19.1 Å². The molecule has 0 spiro atoms. The molecular formula is C25H25ClN6O4. The van der Waals surface area contributed by atoms with Crippen LogP contribution in [0.1, 0.15) is 35.7 Å². The molecule has 0 bridgehead atoms. The van der Waals surface area contributed by atoms with Crippen molar-refractivity contribution in [2.24, 2.45) is 5.92 Å². The van der Waals surface area contributed by atoms with E-state index in [4.69, 9.17) is 26.3 Å². The Labute approximate surface area is 212 Å². The minimum atomic E-state index is -0.683. The Balaban J connectivity index is 1.54. The number of rotatable bonds is 8. The van der Waals surface area contributed by atoms with Gasteiger partial charge in [-0.2, -0.15) is 5.26 Å². The summed E-state index contributed by atoms with van der Waals surface area (Å²) in [5, 5.41) is 14.8. The number of aryl methyl sites for hydroxylation is 2. The standard InChI is InChI=1S/C25H25ClN6O4/c1-14-9-19(15(2)28-23(14)35-3)30-22-24(33)32(12-21(26)31-22)20(17-7-8-17)13-36-25(34)29-18-6-4-5-16(10-18)11-27/h4-6,9-10,12,17,20H,7-8,13H2,1-3H3,(H,29,34)(H,30,31)/t20-/m1/s1. The van der Waals surface area contributed by atoms with Gasteiger partial charge in [-0.1, -0.05) is 17.7 Å². The van der Waals surface area contributed by atoms with Crippen molar-refractivity contribution in [2.75, 3.05) is 24.4 Å². The first-order valence-corrected chi connectivity index (χ1v) is 11.7. The molecule has 36 heavy (non-hydrogen) atoms. The highest BCUT2D eigenvalue weighted by Crippen LogP contribution is 2.39. The number of benzene rings is 1. The van der Waals surface area contributed by atoms with E-state index in [2.05, 4.69) is 20.6 Å². The minimum Gasteiger partial charge on any atom is -0.481 e. The van der Waals surface area contributed by atoms with Gasteiger partial charge in [0.2, 0.25) is 5.88 Å². The molecule has 11 heteroatoms. The van der Waals surface area contributed by atoms with Crippen molar-refractivity contribution < 1.29 is 14.3 Å². The molecule has 1 amide bonds.